The smallest absolute Gasteiger partial charge is 0.337 e. The molecule has 1 aliphatic heterocycles. The van der Waals surface area contributed by atoms with Crippen LogP contribution in [0.5, 0.6) is 5.75 Å². The Kier molecular flexibility index (Phi) is 2.26. The lowest BCUT2D eigenvalue weighted by Crippen LogP contribution is -2.05. The quantitative estimate of drug-likeness (QED) is 0.558. The van der Waals surface area contributed by atoms with Gasteiger partial charge in [-0.25, -0.2) is 4.79 Å². The second kappa shape index (κ2) is 3.46. The van der Waals surface area contributed by atoms with Gasteiger partial charge < -0.3 is 15.2 Å². The maximum absolute atomic E-state index is 11.3. The Balaban J connectivity index is 2.44. The summed E-state index contributed by atoms with van der Waals surface area (Å²) in [6, 6.07) is 3.36. The van der Waals surface area contributed by atoms with Gasteiger partial charge in [-0.05, 0) is 19.1 Å². The zero-order valence-corrected chi connectivity index (χ0v) is 8.74. The van der Waals surface area contributed by atoms with Crippen LogP contribution in [0, 0.1) is 0 Å². The third-order valence-corrected chi connectivity index (χ3v) is 2.44. The molecule has 0 amide bonds. The first kappa shape index (κ1) is 9.83. The van der Waals surface area contributed by atoms with Gasteiger partial charge in [0.25, 0.3) is 0 Å². The van der Waals surface area contributed by atoms with Crippen LogP contribution in [0.15, 0.2) is 12.1 Å². The number of ether oxygens (including phenoxy) is 2. The number of hydrogen-bond acceptors (Lipinski definition) is 4. The van der Waals surface area contributed by atoms with E-state index in [0.29, 0.717) is 17.0 Å². The molecule has 0 fully saturated rings. The molecule has 0 saturated heterocycles. The number of methoxy groups -OCH3 is 1. The Morgan fingerprint density at radius 3 is 3.00 bits per heavy atom. The number of carbonyl (C=O) groups excluding carboxylic acids is 1. The summed E-state index contributed by atoms with van der Waals surface area (Å²) in [7, 11) is 1.35. The molecular weight excluding hydrogens is 194 g/mol. The molecule has 0 spiro atoms. The standard InChI is InChI=1S/C11H13NO3/c1-6-3-7-4-8(11(13)14-2)5-9(12)10(7)15-6/h4-6H,3,12H2,1-2H3. The second-order valence-corrected chi connectivity index (χ2v) is 3.68. The van der Waals surface area contributed by atoms with Crippen molar-refractivity contribution in [3.8, 4) is 5.75 Å². The van der Waals surface area contributed by atoms with Crippen molar-refractivity contribution in [1.29, 1.82) is 0 Å². The number of hydrogen-bond donors (Lipinski definition) is 1. The Labute approximate surface area is 88.0 Å². The number of esters is 1. The predicted molar refractivity (Wildman–Crippen MR) is 56.0 cm³/mol. The van der Waals surface area contributed by atoms with Crippen molar-refractivity contribution in [3.63, 3.8) is 0 Å². The molecule has 15 heavy (non-hydrogen) atoms. The topological polar surface area (TPSA) is 61.5 Å². The molecule has 0 aliphatic carbocycles. The predicted octanol–water partition coefficient (Wildman–Crippen LogP) is 1.38. The molecule has 1 unspecified atom stereocenters. The molecule has 1 atom stereocenters. The van der Waals surface area contributed by atoms with Crippen molar-refractivity contribution in [1.82, 2.24) is 0 Å². The maximum atomic E-state index is 11.3. The van der Waals surface area contributed by atoms with E-state index in [2.05, 4.69) is 4.74 Å². The van der Waals surface area contributed by atoms with E-state index in [1.165, 1.54) is 7.11 Å². The van der Waals surface area contributed by atoms with E-state index in [0.717, 1.165) is 12.0 Å². The molecule has 80 valence electrons. The third kappa shape index (κ3) is 1.63. The lowest BCUT2D eigenvalue weighted by Gasteiger charge is -2.07. The molecule has 1 aliphatic rings. The summed E-state index contributed by atoms with van der Waals surface area (Å²) in [5.41, 5.74) is 7.75. The van der Waals surface area contributed by atoms with Crippen LogP contribution in [0.2, 0.25) is 0 Å². The fourth-order valence-electron chi connectivity index (χ4n) is 1.80. The summed E-state index contributed by atoms with van der Waals surface area (Å²) in [6.07, 6.45) is 0.903. The number of benzene rings is 1. The zero-order valence-electron chi connectivity index (χ0n) is 8.74. The average molecular weight is 207 g/mol. The van der Waals surface area contributed by atoms with Gasteiger partial charge in [0.15, 0.2) is 0 Å². The Hall–Kier alpha value is -1.71. The largest absolute Gasteiger partial charge is 0.488 e. The highest BCUT2D eigenvalue weighted by Gasteiger charge is 2.23. The molecule has 0 bridgehead atoms. The molecule has 0 saturated carbocycles. The van der Waals surface area contributed by atoms with Crippen molar-refractivity contribution in [2.45, 2.75) is 19.4 Å². The summed E-state index contributed by atoms with van der Waals surface area (Å²) >= 11 is 0. The summed E-state index contributed by atoms with van der Waals surface area (Å²) < 4.78 is 10.2. The van der Waals surface area contributed by atoms with Crippen LogP contribution >= 0.6 is 0 Å². The van der Waals surface area contributed by atoms with Gasteiger partial charge in [-0.2, -0.15) is 0 Å². The molecule has 1 aromatic carbocycles. The van der Waals surface area contributed by atoms with Crippen molar-refractivity contribution in [2.24, 2.45) is 0 Å². The minimum Gasteiger partial charge on any atom is -0.488 e. The van der Waals surface area contributed by atoms with Crippen molar-refractivity contribution >= 4 is 11.7 Å². The van der Waals surface area contributed by atoms with Gasteiger partial charge in [0.05, 0.1) is 18.4 Å². The Morgan fingerprint density at radius 1 is 1.60 bits per heavy atom. The van der Waals surface area contributed by atoms with Gasteiger partial charge in [-0.3, -0.25) is 0 Å². The van der Waals surface area contributed by atoms with Gasteiger partial charge >= 0.3 is 5.97 Å². The van der Waals surface area contributed by atoms with Gasteiger partial charge in [-0.15, -0.1) is 0 Å². The summed E-state index contributed by atoms with van der Waals surface area (Å²) in [5, 5.41) is 0. The highest BCUT2D eigenvalue weighted by atomic mass is 16.5. The zero-order chi connectivity index (χ0) is 11.0. The SMILES string of the molecule is COC(=O)c1cc(N)c2c(c1)CC(C)O2. The fraction of sp³-hybridized carbons (Fsp3) is 0.364. The van der Waals surface area contributed by atoms with Crippen LogP contribution in [0.1, 0.15) is 22.8 Å². The molecule has 4 nitrogen and oxygen atoms in total. The molecule has 2 N–H and O–H groups in total. The fourth-order valence-corrected chi connectivity index (χ4v) is 1.80. The molecule has 0 radical (unpaired) electrons. The lowest BCUT2D eigenvalue weighted by molar-refractivity contribution is 0.0600. The first-order valence-corrected chi connectivity index (χ1v) is 4.79. The number of nitrogens with two attached hydrogens (primary N) is 1. The van der Waals surface area contributed by atoms with E-state index in [1.54, 1.807) is 12.1 Å². The minimum atomic E-state index is -0.371. The molecule has 1 aromatic rings. The van der Waals surface area contributed by atoms with Gasteiger partial charge in [0, 0.05) is 12.0 Å². The van der Waals surface area contributed by atoms with Crippen LogP contribution in [-0.4, -0.2) is 19.2 Å². The van der Waals surface area contributed by atoms with Crippen molar-refractivity contribution < 1.29 is 14.3 Å². The minimum absolute atomic E-state index is 0.121. The second-order valence-electron chi connectivity index (χ2n) is 3.68. The maximum Gasteiger partial charge on any atom is 0.337 e. The molecular formula is C11H13NO3. The van der Waals surface area contributed by atoms with Crippen molar-refractivity contribution in [3.05, 3.63) is 23.3 Å². The lowest BCUT2D eigenvalue weighted by atomic mass is 10.1. The summed E-state index contributed by atoms with van der Waals surface area (Å²) in [5.74, 6) is 0.333. The van der Waals surface area contributed by atoms with Gasteiger partial charge in [0.1, 0.15) is 11.9 Å². The molecule has 2 rings (SSSR count). The first-order chi connectivity index (χ1) is 7.11. The van der Waals surface area contributed by atoms with E-state index in [1.807, 2.05) is 6.92 Å². The van der Waals surface area contributed by atoms with E-state index in [4.69, 9.17) is 10.5 Å². The summed E-state index contributed by atoms with van der Waals surface area (Å²) in [6.45, 7) is 1.97. The Bertz CT molecular complexity index is 415. The molecule has 1 heterocycles. The Morgan fingerprint density at radius 2 is 2.33 bits per heavy atom. The van der Waals surface area contributed by atoms with Gasteiger partial charge in [-0.1, -0.05) is 0 Å². The monoisotopic (exact) mass is 207 g/mol. The number of nitrogen functional groups attached to an aromatic ring is 1. The summed E-state index contributed by atoms with van der Waals surface area (Å²) in [4.78, 5) is 11.3. The van der Waals surface area contributed by atoms with E-state index < -0.39 is 0 Å². The van der Waals surface area contributed by atoms with Crippen LogP contribution in [0.4, 0.5) is 5.69 Å². The highest BCUT2D eigenvalue weighted by Crippen LogP contribution is 2.35. The van der Waals surface area contributed by atoms with E-state index in [9.17, 15) is 4.79 Å². The van der Waals surface area contributed by atoms with E-state index in [-0.39, 0.29) is 12.1 Å². The van der Waals surface area contributed by atoms with Crippen LogP contribution < -0.4 is 10.5 Å². The average Bonchev–Trinajstić information content (AvgIpc) is 2.58. The van der Waals surface area contributed by atoms with Crippen LogP contribution in [0.25, 0.3) is 0 Å². The highest BCUT2D eigenvalue weighted by molar-refractivity contribution is 5.91. The molecule has 4 heteroatoms. The van der Waals surface area contributed by atoms with Crippen LogP contribution in [-0.2, 0) is 11.2 Å². The normalized spacial score (nSPS) is 18.1. The van der Waals surface area contributed by atoms with Crippen LogP contribution in [0.3, 0.4) is 0 Å². The number of rotatable bonds is 1. The number of anilines is 1. The number of fused-ring (bicyclic) bond motifs is 1. The third-order valence-electron chi connectivity index (χ3n) is 2.44. The van der Waals surface area contributed by atoms with Crippen molar-refractivity contribution in [2.75, 3.05) is 12.8 Å². The first-order valence-electron chi connectivity index (χ1n) is 4.79. The molecule has 0 aromatic heterocycles. The number of carbonyl (C=O) groups is 1. The van der Waals surface area contributed by atoms with E-state index >= 15 is 0 Å². The van der Waals surface area contributed by atoms with Gasteiger partial charge in [0.2, 0.25) is 0 Å².